The summed E-state index contributed by atoms with van der Waals surface area (Å²) >= 11 is 0. The van der Waals surface area contributed by atoms with E-state index in [-0.39, 0.29) is 12.5 Å². The van der Waals surface area contributed by atoms with Crippen LogP contribution in [-0.2, 0) is 4.79 Å². The van der Waals surface area contributed by atoms with Gasteiger partial charge in [0.15, 0.2) is 0 Å². The third-order valence-electron chi connectivity index (χ3n) is 4.47. The van der Waals surface area contributed by atoms with Gasteiger partial charge in [-0.15, -0.1) is 0 Å². The number of carbonyl (C=O) groups excluding carboxylic acids is 1. The maximum Gasteiger partial charge on any atom is 0.315 e. The zero-order valence-corrected chi connectivity index (χ0v) is 11.4. The minimum absolute atomic E-state index is 0.106. The zero-order valence-electron chi connectivity index (χ0n) is 11.4. The highest BCUT2D eigenvalue weighted by atomic mass is 16.4. The Labute approximate surface area is 114 Å². The Morgan fingerprint density at radius 1 is 1.11 bits per heavy atom. The van der Waals surface area contributed by atoms with Crippen LogP contribution in [0.4, 0.5) is 4.79 Å². The Morgan fingerprint density at radius 3 is 2.11 bits per heavy atom. The molecule has 0 aromatic rings. The number of carboxylic acid groups (broad SMARTS) is 1. The second-order valence-electron chi connectivity index (χ2n) is 5.81. The van der Waals surface area contributed by atoms with Crippen molar-refractivity contribution in [3.8, 4) is 0 Å². The van der Waals surface area contributed by atoms with Gasteiger partial charge in [0, 0.05) is 19.0 Å². The van der Waals surface area contributed by atoms with Crippen LogP contribution in [0, 0.1) is 11.8 Å². The van der Waals surface area contributed by atoms with Gasteiger partial charge in [-0.1, -0.05) is 12.8 Å². The average Bonchev–Trinajstić information content (AvgIpc) is 2.19. The molecule has 0 bridgehead atoms. The molecule has 0 aromatic carbocycles. The van der Waals surface area contributed by atoms with Gasteiger partial charge in [0.05, 0.1) is 0 Å². The van der Waals surface area contributed by atoms with Crippen LogP contribution in [-0.4, -0.2) is 29.7 Å². The third-order valence-corrected chi connectivity index (χ3v) is 4.47. The minimum atomic E-state index is -0.816. The molecule has 2 aliphatic carbocycles. The van der Waals surface area contributed by atoms with Crippen molar-refractivity contribution in [1.82, 2.24) is 10.6 Å². The van der Waals surface area contributed by atoms with Gasteiger partial charge in [-0.3, -0.25) is 4.79 Å². The first-order valence-electron chi connectivity index (χ1n) is 7.43. The molecule has 3 N–H and O–H groups in total. The van der Waals surface area contributed by atoms with Crippen LogP contribution in [0.25, 0.3) is 0 Å². The number of urea groups is 1. The van der Waals surface area contributed by atoms with Crippen molar-refractivity contribution in [2.24, 2.45) is 11.8 Å². The second kappa shape index (κ2) is 6.78. The van der Waals surface area contributed by atoms with E-state index < -0.39 is 5.97 Å². The predicted octanol–water partition coefficient (Wildman–Crippen LogP) is 2.12. The SMILES string of the molecule is O=C(O)CCCNC(=O)NC(C1CCC1)C1CCC1. The normalized spacial score (nSPS) is 19.6. The minimum Gasteiger partial charge on any atom is -0.481 e. The van der Waals surface area contributed by atoms with Crippen molar-refractivity contribution in [3.05, 3.63) is 0 Å². The Balaban J connectivity index is 1.67. The molecule has 0 spiro atoms. The van der Waals surface area contributed by atoms with Crippen molar-refractivity contribution in [2.45, 2.75) is 57.4 Å². The van der Waals surface area contributed by atoms with Gasteiger partial charge in [-0.05, 0) is 43.9 Å². The molecule has 0 aliphatic heterocycles. The Hall–Kier alpha value is -1.26. The fourth-order valence-corrected chi connectivity index (χ4v) is 2.86. The maximum absolute atomic E-state index is 11.8. The van der Waals surface area contributed by atoms with Crippen LogP contribution in [0.3, 0.4) is 0 Å². The Morgan fingerprint density at radius 2 is 1.68 bits per heavy atom. The number of nitrogens with one attached hydrogen (secondary N) is 2. The molecule has 2 aliphatic rings. The fraction of sp³-hybridized carbons (Fsp3) is 0.857. The lowest BCUT2D eigenvalue weighted by atomic mass is 9.68. The van der Waals surface area contributed by atoms with E-state index in [0.717, 1.165) is 0 Å². The summed E-state index contributed by atoms with van der Waals surface area (Å²) in [6, 6.07) is 0.205. The van der Waals surface area contributed by atoms with E-state index in [0.29, 0.717) is 30.8 Å². The number of hydrogen-bond acceptors (Lipinski definition) is 2. The van der Waals surface area contributed by atoms with Crippen LogP contribution in [0.15, 0.2) is 0 Å². The highest BCUT2D eigenvalue weighted by Gasteiger charge is 2.36. The van der Waals surface area contributed by atoms with Gasteiger partial charge < -0.3 is 15.7 Å². The molecule has 2 saturated carbocycles. The van der Waals surface area contributed by atoms with Crippen LogP contribution < -0.4 is 10.6 Å². The quantitative estimate of drug-likeness (QED) is 0.619. The number of amides is 2. The molecule has 108 valence electrons. The molecular formula is C14H24N2O3. The van der Waals surface area contributed by atoms with E-state index in [9.17, 15) is 9.59 Å². The number of rotatable bonds is 7. The molecule has 0 radical (unpaired) electrons. The van der Waals surface area contributed by atoms with Crippen molar-refractivity contribution in [2.75, 3.05) is 6.54 Å². The smallest absolute Gasteiger partial charge is 0.315 e. The largest absolute Gasteiger partial charge is 0.481 e. The molecule has 19 heavy (non-hydrogen) atoms. The summed E-state index contributed by atoms with van der Waals surface area (Å²) in [6.07, 6.45) is 8.11. The molecule has 5 nitrogen and oxygen atoms in total. The molecule has 0 saturated heterocycles. The van der Waals surface area contributed by atoms with Crippen LogP contribution >= 0.6 is 0 Å². The predicted molar refractivity (Wildman–Crippen MR) is 71.9 cm³/mol. The van der Waals surface area contributed by atoms with Gasteiger partial charge in [0.25, 0.3) is 0 Å². The van der Waals surface area contributed by atoms with E-state index >= 15 is 0 Å². The standard InChI is InChI=1S/C14H24N2O3/c17-12(18)8-3-9-15-14(19)16-13(10-4-1-5-10)11-6-2-7-11/h10-11,13H,1-9H2,(H,17,18)(H2,15,16,19). The summed E-state index contributed by atoms with van der Waals surface area (Å²) in [5.41, 5.74) is 0. The summed E-state index contributed by atoms with van der Waals surface area (Å²) in [4.78, 5) is 22.2. The molecule has 0 atom stereocenters. The summed E-state index contributed by atoms with van der Waals surface area (Å²) in [5.74, 6) is 0.508. The third kappa shape index (κ3) is 4.11. The van der Waals surface area contributed by atoms with E-state index in [1.54, 1.807) is 0 Å². The van der Waals surface area contributed by atoms with Crippen LogP contribution in [0.5, 0.6) is 0 Å². The van der Waals surface area contributed by atoms with Crippen molar-refractivity contribution in [1.29, 1.82) is 0 Å². The molecule has 0 aromatic heterocycles. The fourth-order valence-electron chi connectivity index (χ4n) is 2.86. The number of carboxylic acids is 1. The highest BCUT2D eigenvalue weighted by Crippen LogP contribution is 2.39. The molecule has 0 unspecified atom stereocenters. The lowest BCUT2D eigenvalue weighted by molar-refractivity contribution is -0.137. The lowest BCUT2D eigenvalue weighted by Crippen LogP contribution is -2.52. The average molecular weight is 268 g/mol. The monoisotopic (exact) mass is 268 g/mol. The van der Waals surface area contributed by atoms with E-state index in [1.807, 2.05) is 0 Å². The van der Waals surface area contributed by atoms with Gasteiger partial charge in [-0.25, -0.2) is 4.79 Å². The molecule has 2 fully saturated rings. The van der Waals surface area contributed by atoms with E-state index in [1.165, 1.54) is 38.5 Å². The van der Waals surface area contributed by atoms with Gasteiger partial charge in [0.2, 0.25) is 0 Å². The lowest BCUT2D eigenvalue weighted by Gasteiger charge is -2.42. The second-order valence-corrected chi connectivity index (χ2v) is 5.81. The molecule has 0 heterocycles. The van der Waals surface area contributed by atoms with Gasteiger partial charge in [-0.2, -0.15) is 0 Å². The van der Waals surface area contributed by atoms with Gasteiger partial charge in [0.1, 0.15) is 0 Å². The Bertz CT molecular complexity index is 311. The molecule has 2 rings (SSSR count). The summed E-state index contributed by atoms with van der Waals surface area (Å²) in [5, 5.41) is 14.4. The topological polar surface area (TPSA) is 78.4 Å². The highest BCUT2D eigenvalue weighted by molar-refractivity contribution is 5.74. The van der Waals surface area contributed by atoms with Crippen LogP contribution in [0.1, 0.15) is 51.4 Å². The molecule has 2 amide bonds. The maximum atomic E-state index is 11.8. The van der Waals surface area contributed by atoms with E-state index in [4.69, 9.17) is 5.11 Å². The summed E-state index contributed by atoms with van der Waals surface area (Å²) in [6.45, 7) is 0.431. The summed E-state index contributed by atoms with van der Waals surface area (Å²) in [7, 11) is 0. The molecular weight excluding hydrogens is 244 g/mol. The molecule has 5 heteroatoms. The first kappa shape index (κ1) is 14.2. The zero-order chi connectivity index (χ0) is 13.7. The number of carbonyl (C=O) groups is 2. The first-order chi connectivity index (χ1) is 9.16. The number of hydrogen-bond donors (Lipinski definition) is 3. The van der Waals surface area contributed by atoms with Crippen molar-refractivity contribution in [3.63, 3.8) is 0 Å². The van der Waals surface area contributed by atoms with Gasteiger partial charge >= 0.3 is 12.0 Å². The van der Waals surface area contributed by atoms with E-state index in [2.05, 4.69) is 10.6 Å². The first-order valence-corrected chi connectivity index (χ1v) is 7.43. The van der Waals surface area contributed by atoms with Crippen LogP contribution in [0.2, 0.25) is 0 Å². The number of aliphatic carboxylic acids is 1. The Kier molecular flexibility index (Phi) is 5.05. The van der Waals surface area contributed by atoms with Crippen molar-refractivity contribution >= 4 is 12.0 Å². The summed E-state index contributed by atoms with van der Waals surface area (Å²) < 4.78 is 0. The van der Waals surface area contributed by atoms with Crippen molar-refractivity contribution < 1.29 is 14.7 Å².